The van der Waals surface area contributed by atoms with Crippen LogP contribution >= 0.6 is 34.8 Å². The number of hydrogen-bond donors (Lipinski definition) is 1. The Morgan fingerprint density at radius 3 is 2.16 bits per heavy atom. The van der Waals surface area contributed by atoms with Gasteiger partial charge in [0.15, 0.2) is 0 Å². The molecule has 1 N–H and O–H groups in total. The number of fused-ring (bicyclic) bond motifs is 6. The van der Waals surface area contributed by atoms with Gasteiger partial charge in [-0.1, -0.05) is 55.6 Å². The van der Waals surface area contributed by atoms with E-state index in [-0.39, 0.29) is 16.7 Å². The largest absolute Gasteiger partial charge is 0.325 e. The average molecular weight is 475 g/mol. The van der Waals surface area contributed by atoms with Crippen LogP contribution in [-0.4, -0.2) is 15.9 Å². The third-order valence-electron chi connectivity index (χ3n) is 7.90. The maximum atomic E-state index is 14.0. The minimum Gasteiger partial charge on any atom is -0.325 e. The summed E-state index contributed by atoms with van der Waals surface area (Å²) in [5.74, 6) is -0.0564. The van der Waals surface area contributed by atoms with E-state index in [1.54, 1.807) is 18.2 Å². The Bertz CT molecular complexity index is 1290. The Labute approximate surface area is 196 Å². The molecule has 0 spiro atoms. The van der Waals surface area contributed by atoms with Crippen LogP contribution in [0.15, 0.2) is 30.3 Å². The molecule has 0 saturated heterocycles. The van der Waals surface area contributed by atoms with E-state index in [1.807, 2.05) is 19.1 Å². The van der Waals surface area contributed by atoms with Crippen LogP contribution in [0.5, 0.6) is 0 Å². The summed E-state index contributed by atoms with van der Waals surface area (Å²) in [6, 6.07) is 8.95. The summed E-state index contributed by atoms with van der Waals surface area (Å²) in [4.78, 5) is 23.9. The van der Waals surface area contributed by atoms with Crippen LogP contribution in [0.1, 0.15) is 50.6 Å². The normalized spacial score (nSPS) is 25.6. The van der Waals surface area contributed by atoms with E-state index in [9.17, 15) is 4.79 Å². The van der Waals surface area contributed by atoms with Gasteiger partial charge in [0, 0.05) is 16.1 Å². The first kappa shape index (κ1) is 21.0. The van der Waals surface area contributed by atoms with Crippen molar-refractivity contribution >= 4 is 57.4 Å². The molecule has 3 aromatic rings. The Morgan fingerprint density at radius 2 is 1.55 bits per heavy atom. The second kappa shape index (κ2) is 6.57. The van der Waals surface area contributed by atoms with Gasteiger partial charge in [-0.05, 0) is 61.1 Å². The second-order valence-electron chi connectivity index (χ2n) is 9.45. The maximum absolute atomic E-state index is 14.0. The van der Waals surface area contributed by atoms with Gasteiger partial charge >= 0.3 is 0 Å². The SMILES string of the molecule is Cc1cc(Cl)ccc1NC(=O)C12CCC(C)(c3nc4cc(Cl)c(Cl)cc4nc31)C2(C)C. The molecule has 2 aromatic carbocycles. The van der Waals surface area contributed by atoms with Crippen LogP contribution in [0.4, 0.5) is 5.69 Å². The molecule has 31 heavy (non-hydrogen) atoms. The molecular weight excluding hydrogens is 453 g/mol. The van der Waals surface area contributed by atoms with Crippen LogP contribution < -0.4 is 5.32 Å². The van der Waals surface area contributed by atoms with Gasteiger partial charge in [0.05, 0.1) is 37.9 Å². The molecule has 4 nitrogen and oxygen atoms in total. The van der Waals surface area contributed by atoms with Gasteiger partial charge in [0.1, 0.15) is 0 Å². The maximum Gasteiger partial charge on any atom is 0.237 e. The third-order valence-corrected chi connectivity index (χ3v) is 8.86. The van der Waals surface area contributed by atoms with Gasteiger partial charge in [0.25, 0.3) is 0 Å². The molecule has 7 heteroatoms. The molecule has 0 radical (unpaired) electrons. The molecule has 2 bridgehead atoms. The smallest absolute Gasteiger partial charge is 0.237 e. The lowest BCUT2D eigenvalue weighted by Gasteiger charge is -2.39. The number of amides is 1. The van der Waals surface area contributed by atoms with Gasteiger partial charge in [-0.2, -0.15) is 0 Å². The zero-order valence-corrected chi connectivity index (χ0v) is 20.0. The molecular formula is C24H22Cl3N3O. The van der Waals surface area contributed by atoms with Crippen LogP contribution in [-0.2, 0) is 15.6 Å². The number of hydrogen-bond acceptors (Lipinski definition) is 3. The van der Waals surface area contributed by atoms with Crippen molar-refractivity contribution in [2.45, 2.75) is 51.4 Å². The van der Waals surface area contributed by atoms with Gasteiger partial charge in [-0.25, -0.2) is 9.97 Å². The van der Waals surface area contributed by atoms with Crippen LogP contribution in [0.3, 0.4) is 0 Å². The van der Waals surface area contributed by atoms with Crippen LogP contribution in [0.2, 0.25) is 15.1 Å². The van der Waals surface area contributed by atoms with Gasteiger partial charge < -0.3 is 5.32 Å². The first-order chi connectivity index (χ1) is 14.5. The molecule has 5 rings (SSSR count). The highest BCUT2D eigenvalue weighted by atomic mass is 35.5. The summed E-state index contributed by atoms with van der Waals surface area (Å²) >= 11 is 18.6. The van der Waals surface area contributed by atoms with Crippen molar-refractivity contribution in [3.05, 3.63) is 62.4 Å². The number of aryl methyl sites for hydroxylation is 1. The molecule has 2 aliphatic rings. The summed E-state index contributed by atoms with van der Waals surface area (Å²) in [7, 11) is 0. The number of halogens is 3. The predicted octanol–water partition coefficient (Wildman–Crippen LogP) is 6.87. The first-order valence-corrected chi connectivity index (χ1v) is 11.4. The lowest BCUT2D eigenvalue weighted by atomic mass is 9.63. The van der Waals surface area contributed by atoms with E-state index in [0.29, 0.717) is 32.5 Å². The second-order valence-corrected chi connectivity index (χ2v) is 10.7. The Kier molecular flexibility index (Phi) is 4.45. The van der Waals surface area contributed by atoms with Crippen molar-refractivity contribution in [1.29, 1.82) is 0 Å². The van der Waals surface area contributed by atoms with Crippen molar-refractivity contribution in [2.24, 2.45) is 5.41 Å². The fourth-order valence-electron chi connectivity index (χ4n) is 5.60. The van der Waals surface area contributed by atoms with Gasteiger partial charge in [0.2, 0.25) is 5.91 Å². The number of rotatable bonds is 2. The number of carbonyl (C=O) groups excluding carboxylic acids is 1. The Balaban J connectivity index is 1.71. The van der Waals surface area contributed by atoms with Crippen molar-refractivity contribution in [1.82, 2.24) is 9.97 Å². The first-order valence-electron chi connectivity index (χ1n) is 10.3. The fraction of sp³-hybridized carbons (Fsp3) is 0.375. The molecule has 1 heterocycles. The average Bonchev–Trinajstić information content (AvgIpc) is 2.99. The Hall–Kier alpha value is -1.88. The molecule has 1 saturated carbocycles. The van der Waals surface area contributed by atoms with Crippen LogP contribution in [0.25, 0.3) is 11.0 Å². The molecule has 2 unspecified atom stereocenters. The van der Waals surface area contributed by atoms with E-state index in [1.165, 1.54) is 0 Å². The molecule has 0 aliphatic heterocycles. The zero-order valence-electron chi connectivity index (χ0n) is 17.7. The quantitative estimate of drug-likeness (QED) is 0.441. The molecule has 2 atom stereocenters. The van der Waals surface area contributed by atoms with E-state index < -0.39 is 5.41 Å². The van der Waals surface area contributed by atoms with E-state index >= 15 is 0 Å². The molecule has 160 valence electrons. The number of carbonyl (C=O) groups is 1. The number of benzene rings is 2. The van der Waals surface area contributed by atoms with E-state index in [0.717, 1.165) is 29.1 Å². The monoisotopic (exact) mass is 473 g/mol. The summed E-state index contributed by atoms with van der Waals surface area (Å²) in [5, 5.41) is 4.68. The van der Waals surface area contributed by atoms with Crippen molar-refractivity contribution in [3.8, 4) is 0 Å². The highest BCUT2D eigenvalue weighted by molar-refractivity contribution is 6.42. The number of nitrogens with zero attached hydrogens (tertiary/aromatic N) is 2. The summed E-state index contributed by atoms with van der Waals surface area (Å²) in [6.45, 7) is 8.44. The molecule has 2 aliphatic carbocycles. The minimum absolute atomic E-state index is 0.0564. The number of anilines is 1. The van der Waals surface area contributed by atoms with Gasteiger partial charge in [-0.3, -0.25) is 4.79 Å². The van der Waals surface area contributed by atoms with Crippen LogP contribution in [0, 0.1) is 12.3 Å². The third kappa shape index (κ3) is 2.59. The van der Waals surface area contributed by atoms with Crippen molar-refractivity contribution < 1.29 is 4.79 Å². The standard InChI is InChI=1S/C24H22Cl3N3O/c1-12-9-13(25)5-6-16(12)30-21(31)24-8-7-23(4,22(24,2)3)19-20(24)29-18-11-15(27)14(26)10-17(18)28-19/h5-6,9-11H,7-8H2,1-4H3,(H,30,31). The fourth-order valence-corrected chi connectivity index (χ4v) is 6.14. The summed E-state index contributed by atoms with van der Waals surface area (Å²) in [6.07, 6.45) is 1.57. The summed E-state index contributed by atoms with van der Waals surface area (Å²) < 4.78 is 0. The lowest BCUT2D eigenvalue weighted by molar-refractivity contribution is -0.125. The van der Waals surface area contributed by atoms with Gasteiger partial charge in [-0.15, -0.1) is 0 Å². The van der Waals surface area contributed by atoms with Crippen molar-refractivity contribution in [3.63, 3.8) is 0 Å². The molecule has 1 fully saturated rings. The lowest BCUT2D eigenvalue weighted by Crippen LogP contribution is -2.48. The Morgan fingerprint density at radius 1 is 0.935 bits per heavy atom. The van der Waals surface area contributed by atoms with Crippen molar-refractivity contribution in [2.75, 3.05) is 5.32 Å². The van der Waals surface area contributed by atoms with E-state index in [4.69, 9.17) is 44.8 Å². The molecule has 1 amide bonds. The number of nitrogens with one attached hydrogen (secondary N) is 1. The van der Waals surface area contributed by atoms with E-state index in [2.05, 4.69) is 26.1 Å². The summed E-state index contributed by atoms with van der Waals surface area (Å²) in [5.41, 5.74) is 3.21. The minimum atomic E-state index is -0.795. The highest BCUT2D eigenvalue weighted by Crippen LogP contribution is 2.70. The topological polar surface area (TPSA) is 54.9 Å². The zero-order chi connectivity index (χ0) is 22.3. The molecule has 1 aromatic heterocycles. The highest BCUT2D eigenvalue weighted by Gasteiger charge is 2.73. The number of aromatic nitrogens is 2. The predicted molar refractivity (Wildman–Crippen MR) is 126 cm³/mol.